The highest BCUT2D eigenvalue weighted by molar-refractivity contribution is 9.10. The van der Waals surface area contributed by atoms with Crippen molar-refractivity contribution in [2.75, 3.05) is 17.8 Å². The maximum absolute atomic E-state index is 13.5. The van der Waals surface area contributed by atoms with Crippen LogP contribution in [0.15, 0.2) is 89.0 Å². The van der Waals surface area contributed by atoms with Crippen molar-refractivity contribution in [3.05, 3.63) is 95.0 Å². The molecule has 1 atom stereocenters. The summed E-state index contributed by atoms with van der Waals surface area (Å²) in [6.07, 6.45) is 1.20. The standard InChI is InChI=1S/C30H27BrN4O4S/c1-4-15-40-30-32-28(37)26-21-13-9-10-14-23(21)34(25(36)5-2)29(35(26)33-30)20-16-22(31)27(24(17-20)38-3)39-18-19-11-7-6-8-12-19/h4,6-14,16-17,29H,1,5,15,18H2,2-3H3. The number of ether oxygens (including phenoxy) is 2. The molecule has 0 bridgehead atoms. The van der Waals surface area contributed by atoms with Crippen molar-refractivity contribution in [2.45, 2.75) is 31.3 Å². The van der Waals surface area contributed by atoms with E-state index in [1.807, 2.05) is 73.7 Å². The first-order chi connectivity index (χ1) is 19.5. The highest BCUT2D eigenvalue weighted by atomic mass is 79.9. The topological polar surface area (TPSA) is 91.5 Å². The summed E-state index contributed by atoms with van der Waals surface area (Å²) in [4.78, 5) is 19.4. The Morgan fingerprint density at radius 3 is 2.67 bits per heavy atom. The summed E-state index contributed by atoms with van der Waals surface area (Å²) in [5.41, 5.74) is 3.21. The number of fused-ring (bicyclic) bond motifs is 3. The van der Waals surface area contributed by atoms with Crippen LogP contribution in [0.5, 0.6) is 17.4 Å². The molecule has 0 radical (unpaired) electrons. The van der Waals surface area contributed by atoms with Crippen LogP contribution in [0.3, 0.4) is 0 Å². The molecule has 0 saturated carbocycles. The molecule has 0 N–H and O–H groups in total. The smallest absolute Gasteiger partial charge is 0.293 e. The molecule has 40 heavy (non-hydrogen) atoms. The Hall–Kier alpha value is -3.89. The van der Waals surface area contributed by atoms with Crippen molar-refractivity contribution in [1.82, 2.24) is 10.1 Å². The average Bonchev–Trinajstić information content (AvgIpc) is 2.98. The van der Waals surface area contributed by atoms with E-state index in [-0.39, 0.29) is 12.3 Å². The number of thioether (sulfide) groups is 1. The van der Waals surface area contributed by atoms with Gasteiger partial charge >= 0.3 is 0 Å². The molecule has 1 aromatic heterocycles. The van der Waals surface area contributed by atoms with E-state index in [1.165, 1.54) is 11.8 Å². The van der Waals surface area contributed by atoms with Gasteiger partial charge in [-0.1, -0.05) is 71.9 Å². The number of aromatic nitrogens is 3. The van der Waals surface area contributed by atoms with E-state index >= 15 is 0 Å². The number of carbonyl (C=O) groups is 1. The monoisotopic (exact) mass is 618 g/mol. The third kappa shape index (κ3) is 5.29. The molecule has 0 saturated heterocycles. The number of nitrogens with zero attached hydrogens (tertiary/aromatic N) is 4. The minimum absolute atomic E-state index is 0.124. The van der Waals surface area contributed by atoms with Gasteiger partial charge in [0.2, 0.25) is 5.91 Å². The number of hydrogen-bond donors (Lipinski definition) is 0. The van der Waals surface area contributed by atoms with Crippen LogP contribution in [-0.4, -0.2) is 28.9 Å². The van der Waals surface area contributed by atoms with Gasteiger partial charge in [0, 0.05) is 17.3 Å². The van der Waals surface area contributed by atoms with Gasteiger partial charge in [0.1, 0.15) is 6.61 Å². The Balaban J connectivity index is 1.68. The Labute approximate surface area is 245 Å². The zero-order valence-electron chi connectivity index (χ0n) is 22.0. The highest BCUT2D eigenvalue weighted by Gasteiger charge is 2.45. The van der Waals surface area contributed by atoms with E-state index in [9.17, 15) is 9.90 Å². The molecule has 0 aliphatic carbocycles. The third-order valence-corrected chi connectivity index (χ3v) is 7.82. The van der Waals surface area contributed by atoms with Gasteiger partial charge < -0.3 is 14.6 Å². The Morgan fingerprint density at radius 1 is 1.20 bits per heavy atom. The number of carbonyl (C=O) groups excluding carboxylic acids is 1. The van der Waals surface area contributed by atoms with Crippen molar-refractivity contribution < 1.29 is 24.1 Å². The fourth-order valence-electron chi connectivity index (χ4n) is 4.63. The molecule has 4 aromatic rings. The molecule has 2 heterocycles. The molecule has 1 aliphatic heterocycles. The number of halogens is 1. The third-order valence-electron chi connectivity index (χ3n) is 6.39. The van der Waals surface area contributed by atoms with E-state index in [2.05, 4.69) is 27.5 Å². The Kier molecular flexibility index (Phi) is 8.37. The molecule has 5 rings (SSSR count). The van der Waals surface area contributed by atoms with Crippen molar-refractivity contribution in [3.63, 3.8) is 0 Å². The van der Waals surface area contributed by atoms with Gasteiger partial charge in [-0.15, -0.1) is 6.58 Å². The number of amides is 1. The van der Waals surface area contributed by atoms with Crippen LogP contribution < -0.4 is 24.2 Å². The summed E-state index contributed by atoms with van der Waals surface area (Å²) in [7, 11) is 1.56. The molecule has 8 nitrogen and oxygen atoms in total. The number of para-hydroxylation sites is 1. The number of anilines is 1. The van der Waals surface area contributed by atoms with Gasteiger partial charge in [0.05, 0.1) is 34.3 Å². The lowest BCUT2D eigenvalue weighted by molar-refractivity contribution is -0.764. The average molecular weight is 620 g/mol. The summed E-state index contributed by atoms with van der Waals surface area (Å²) in [5.74, 6) is 0.991. The first-order valence-corrected chi connectivity index (χ1v) is 14.4. The first kappa shape index (κ1) is 27.7. The largest absolute Gasteiger partial charge is 0.854 e. The number of methoxy groups -OCH3 is 1. The van der Waals surface area contributed by atoms with Crippen molar-refractivity contribution >= 4 is 39.3 Å². The van der Waals surface area contributed by atoms with Crippen LogP contribution in [0.2, 0.25) is 0 Å². The van der Waals surface area contributed by atoms with Crippen LogP contribution in [0.1, 0.15) is 30.6 Å². The second-order valence-corrected chi connectivity index (χ2v) is 10.8. The van der Waals surface area contributed by atoms with Crippen molar-refractivity contribution in [2.24, 2.45) is 0 Å². The second kappa shape index (κ2) is 12.1. The molecule has 0 fully saturated rings. The van der Waals surface area contributed by atoms with Gasteiger partial charge in [0.25, 0.3) is 17.0 Å². The van der Waals surface area contributed by atoms with Crippen LogP contribution in [0.4, 0.5) is 5.69 Å². The molecule has 204 valence electrons. The Bertz CT molecular complexity index is 1570. The molecule has 1 unspecified atom stereocenters. The predicted molar refractivity (Wildman–Crippen MR) is 155 cm³/mol. The molecule has 1 aliphatic rings. The number of rotatable bonds is 9. The van der Waals surface area contributed by atoms with Crippen LogP contribution >= 0.6 is 27.7 Å². The van der Waals surface area contributed by atoms with Gasteiger partial charge in [-0.3, -0.25) is 4.79 Å². The predicted octanol–water partition coefficient (Wildman–Crippen LogP) is 5.44. The van der Waals surface area contributed by atoms with Gasteiger partial charge in [0.15, 0.2) is 11.5 Å². The Morgan fingerprint density at radius 2 is 1.95 bits per heavy atom. The second-order valence-electron chi connectivity index (χ2n) is 8.91. The van der Waals surface area contributed by atoms with E-state index in [0.29, 0.717) is 56.0 Å². The lowest BCUT2D eigenvalue weighted by atomic mass is 10.0. The minimum Gasteiger partial charge on any atom is -0.854 e. The SMILES string of the molecule is C=CCSc1nc([O-])c2[n+](n1)C(c1cc(Br)c(OCc3ccccc3)c(OC)c1)N(C(=O)CC)c1ccccc1-2. The normalized spacial score (nSPS) is 13.8. The van der Waals surface area contributed by atoms with E-state index in [0.717, 1.165) is 5.56 Å². The summed E-state index contributed by atoms with van der Waals surface area (Å²) in [5, 5.41) is 18.5. The van der Waals surface area contributed by atoms with Gasteiger partial charge in [-0.05, 0) is 45.8 Å². The quantitative estimate of drug-likeness (QED) is 0.140. The summed E-state index contributed by atoms with van der Waals surface area (Å²) >= 11 is 4.96. The van der Waals surface area contributed by atoms with E-state index < -0.39 is 12.0 Å². The first-order valence-electron chi connectivity index (χ1n) is 12.7. The molecule has 3 aromatic carbocycles. The fraction of sp³-hybridized carbons (Fsp3) is 0.200. The van der Waals surface area contributed by atoms with Crippen LogP contribution in [0.25, 0.3) is 11.3 Å². The highest BCUT2D eigenvalue weighted by Crippen LogP contribution is 2.44. The fourth-order valence-corrected chi connectivity index (χ4v) is 5.76. The van der Waals surface area contributed by atoms with E-state index in [4.69, 9.17) is 14.6 Å². The maximum Gasteiger partial charge on any atom is 0.293 e. The van der Waals surface area contributed by atoms with Crippen LogP contribution in [-0.2, 0) is 11.4 Å². The van der Waals surface area contributed by atoms with Crippen molar-refractivity contribution in [3.8, 4) is 28.6 Å². The number of hydrogen-bond acceptors (Lipinski definition) is 7. The molecular weight excluding hydrogens is 592 g/mol. The van der Waals surface area contributed by atoms with Gasteiger partial charge in [-0.25, -0.2) is 9.88 Å². The summed E-state index contributed by atoms with van der Waals surface area (Å²) in [6.45, 7) is 5.91. The van der Waals surface area contributed by atoms with Gasteiger partial charge in [-0.2, -0.15) is 0 Å². The maximum atomic E-state index is 13.5. The summed E-state index contributed by atoms with van der Waals surface area (Å²) in [6, 6.07) is 20.8. The molecule has 10 heteroatoms. The lowest BCUT2D eigenvalue weighted by Gasteiger charge is -2.33. The molecule has 0 spiro atoms. The molecule has 1 amide bonds. The van der Waals surface area contributed by atoms with E-state index in [1.54, 1.807) is 22.8 Å². The van der Waals surface area contributed by atoms with Crippen molar-refractivity contribution in [1.29, 1.82) is 0 Å². The number of benzene rings is 3. The lowest BCUT2D eigenvalue weighted by Crippen LogP contribution is -2.59. The zero-order valence-corrected chi connectivity index (χ0v) is 24.4. The zero-order chi connectivity index (χ0) is 28.2. The minimum atomic E-state index is -0.774. The summed E-state index contributed by atoms with van der Waals surface area (Å²) < 4.78 is 14.1. The van der Waals surface area contributed by atoms with Crippen LogP contribution in [0, 0.1) is 0 Å². The molecular formula is C30H27BrN4O4S.